The van der Waals surface area contributed by atoms with Crippen molar-refractivity contribution in [3.8, 4) is 5.75 Å². The highest BCUT2D eigenvalue weighted by atomic mass is 16.5. The van der Waals surface area contributed by atoms with Crippen LogP contribution in [-0.4, -0.2) is 23.0 Å². The number of anilines is 2. The molecule has 1 heterocycles. The molecule has 0 radical (unpaired) electrons. The summed E-state index contributed by atoms with van der Waals surface area (Å²) in [7, 11) is 0. The molecule has 1 aromatic heterocycles. The van der Waals surface area contributed by atoms with Crippen molar-refractivity contribution >= 4 is 40.0 Å². The average Bonchev–Trinajstić information content (AvgIpc) is 3.42. The third kappa shape index (κ3) is 6.50. The SMILES string of the molecule is O=C(O)Cc1ccc(C(=O)NCc2ccc(C(=O)Oc3ccc4cc(Nc5ccccc5)ccc4c3)o2)cc1. The van der Waals surface area contributed by atoms with E-state index in [4.69, 9.17) is 14.3 Å². The maximum absolute atomic E-state index is 12.6. The van der Waals surface area contributed by atoms with Gasteiger partial charge < -0.3 is 24.9 Å². The van der Waals surface area contributed by atoms with Crippen LogP contribution in [0.1, 0.15) is 32.2 Å². The number of carboxylic acids is 1. The number of fused-ring (bicyclic) bond motifs is 1. The van der Waals surface area contributed by atoms with Crippen LogP contribution in [0.4, 0.5) is 11.4 Å². The van der Waals surface area contributed by atoms with Gasteiger partial charge in [0.15, 0.2) is 0 Å². The first-order valence-electron chi connectivity index (χ1n) is 12.2. The van der Waals surface area contributed by atoms with Crippen LogP contribution >= 0.6 is 0 Å². The van der Waals surface area contributed by atoms with Gasteiger partial charge >= 0.3 is 11.9 Å². The first kappa shape index (κ1) is 25.3. The van der Waals surface area contributed by atoms with Crippen molar-refractivity contribution in [1.82, 2.24) is 5.32 Å². The Labute approximate surface area is 223 Å². The third-order valence-corrected chi connectivity index (χ3v) is 5.94. The molecule has 0 spiro atoms. The van der Waals surface area contributed by atoms with E-state index in [1.165, 1.54) is 6.07 Å². The molecular formula is C31H24N2O6. The minimum Gasteiger partial charge on any atom is -0.481 e. The first-order valence-corrected chi connectivity index (χ1v) is 12.2. The molecular weight excluding hydrogens is 496 g/mol. The van der Waals surface area contributed by atoms with Crippen LogP contribution in [0, 0.1) is 0 Å². The number of para-hydroxylation sites is 1. The predicted molar refractivity (Wildman–Crippen MR) is 146 cm³/mol. The van der Waals surface area contributed by atoms with Gasteiger partial charge in [-0.25, -0.2) is 4.79 Å². The molecule has 0 aliphatic carbocycles. The number of carbonyl (C=O) groups is 3. The molecule has 3 N–H and O–H groups in total. The zero-order valence-corrected chi connectivity index (χ0v) is 20.7. The van der Waals surface area contributed by atoms with Crippen LogP contribution in [0.25, 0.3) is 10.8 Å². The Morgan fingerprint density at radius 2 is 1.51 bits per heavy atom. The van der Waals surface area contributed by atoms with Gasteiger partial charge in [-0.2, -0.15) is 0 Å². The first-order chi connectivity index (χ1) is 18.9. The normalized spacial score (nSPS) is 10.7. The fraction of sp³-hybridized carbons (Fsp3) is 0.0645. The predicted octanol–water partition coefficient (Wildman–Crippen LogP) is 5.95. The molecule has 8 heteroatoms. The van der Waals surface area contributed by atoms with Gasteiger partial charge in [-0.1, -0.05) is 42.5 Å². The van der Waals surface area contributed by atoms with Crippen molar-refractivity contribution in [2.75, 3.05) is 5.32 Å². The Morgan fingerprint density at radius 3 is 2.28 bits per heavy atom. The number of rotatable bonds is 9. The number of nitrogens with one attached hydrogen (secondary N) is 2. The van der Waals surface area contributed by atoms with Gasteiger partial charge in [0.25, 0.3) is 5.91 Å². The van der Waals surface area contributed by atoms with Crippen LogP contribution < -0.4 is 15.4 Å². The van der Waals surface area contributed by atoms with E-state index in [1.54, 1.807) is 42.5 Å². The maximum atomic E-state index is 12.6. The zero-order valence-electron chi connectivity index (χ0n) is 20.7. The van der Waals surface area contributed by atoms with Crippen LogP contribution in [0.5, 0.6) is 5.75 Å². The highest BCUT2D eigenvalue weighted by molar-refractivity contribution is 5.94. The number of esters is 1. The molecule has 1 amide bonds. The summed E-state index contributed by atoms with van der Waals surface area (Å²) in [5, 5.41) is 16.8. The molecule has 4 aromatic carbocycles. The Morgan fingerprint density at radius 1 is 0.769 bits per heavy atom. The number of carbonyl (C=O) groups excluding carboxylic acids is 2. The Hall–Kier alpha value is -5.37. The summed E-state index contributed by atoms with van der Waals surface area (Å²) >= 11 is 0. The van der Waals surface area contributed by atoms with E-state index in [0.717, 1.165) is 22.1 Å². The lowest BCUT2D eigenvalue weighted by Crippen LogP contribution is -2.22. The summed E-state index contributed by atoms with van der Waals surface area (Å²) in [6, 6.07) is 30.6. The summed E-state index contributed by atoms with van der Waals surface area (Å²) in [6.45, 7) is 0.0678. The summed E-state index contributed by atoms with van der Waals surface area (Å²) in [6.07, 6.45) is -0.112. The molecule has 5 rings (SSSR count). The van der Waals surface area contributed by atoms with E-state index in [-0.39, 0.29) is 24.6 Å². The van der Waals surface area contributed by atoms with Crippen molar-refractivity contribution in [2.45, 2.75) is 13.0 Å². The molecule has 0 aliphatic rings. The van der Waals surface area contributed by atoms with Gasteiger partial charge in [0.2, 0.25) is 5.76 Å². The zero-order chi connectivity index (χ0) is 27.2. The minimum atomic E-state index is -0.939. The van der Waals surface area contributed by atoms with Gasteiger partial charge in [-0.05, 0) is 77.0 Å². The molecule has 194 valence electrons. The van der Waals surface area contributed by atoms with Crippen molar-refractivity contribution in [3.63, 3.8) is 0 Å². The minimum absolute atomic E-state index is 0.0137. The summed E-state index contributed by atoms with van der Waals surface area (Å²) in [5.41, 5.74) is 2.93. The van der Waals surface area contributed by atoms with E-state index >= 15 is 0 Å². The molecule has 0 bridgehead atoms. The number of ether oxygens (including phenoxy) is 1. The van der Waals surface area contributed by atoms with E-state index in [0.29, 0.717) is 22.6 Å². The lowest BCUT2D eigenvalue weighted by molar-refractivity contribution is -0.136. The van der Waals surface area contributed by atoms with E-state index in [1.807, 2.05) is 54.6 Å². The molecule has 0 unspecified atom stereocenters. The monoisotopic (exact) mass is 520 g/mol. The lowest BCUT2D eigenvalue weighted by atomic mass is 10.1. The average molecular weight is 521 g/mol. The van der Waals surface area contributed by atoms with Crippen LogP contribution in [0.3, 0.4) is 0 Å². The number of furan rings is 1. The quantitative estimate of drug-likeness (QED) is 0.162. The number of hydrogen-bond acceptors (Lipinski definition) is 6. The Kier molecular flexibility index (Phi) is 7.36. The molecule has 39 heavy (non-hydrogen) atoms. The standard InChI is InChI=1S/C31H24N2O6/c34-29(35)16-20-6-8-21(9-7-20)30(36)32-19-27-14-15-28(38-27)31(37)39-26-13-11-22-17-25(12-10-23(22)18-26)33-24-4-2-1-3-5-24/h1-15,17-18,33H,16,19H2,(H,32,36)(H,34,35). The lowest BCUT2D eigenvalue weighted by Gasteiger charge is -2.09. The number of carboxylic acid groups (broad SMARTS) is 1. The highest BCUT2D eigenvalue weighted by Gasteiger charge is 2.15. The van der Waals surface area contributed by atoms with E-state index < -0.39 is 11.9 Å². The van der Waals surface area contributed by atoms with Crippen LogP contribution in [0.2, 0.25) is 0 Å². The molecule has 8 nitrogen and oxygen atoms in total. The summed E-state index contributed by atoms with van der Waals surface area (Å²) in [4.78, 5) is 35.8. The Bertz CT molecular complexity index is 1640. The molecule has 0 saturated carbocycles. The molecule has 5 aromatic rings. The largest absolute Gasteiger partial charge is 0.481 e. The third-order valence-electron chi connectivity index (χ3n) is 5.94. The summed E-state index contributed by atoms with van der Waals surface area (Å²) < 4.78 is 11.1. The second kappa shape index (κ2) is 11.4. The topological polar surface area (TPSA) is 118 Å². The molecule has 0 fully saturated rings. The molecule has 0 saturated heterocycles. The molecule has 0 aliphatic heterocycles. The van der Waals surface area contributed by atoms with Gasteiger partial charge in [0, 0.05) is 16.9 Å². The fourth-order valence-electron chi connectivity index (χ4n) is 4.01. The van der Waals surface area contributed by atoms with E-state index in [9.17, 15) is 14.4 Å². The van der Waals surface area contributed by atoms with Crippen molar-refractivity contribution < 1.29 is 28.6 Å². The second-order valence-corrected chi connectivity index (χ2v) is 8.82. The van der Waals surface area contributed by atoms with Gasteiger partial charge in [-0.3, -0.25) is 9.59 Å². The maximum Gasteiger partial charge on any atom is 0.379 e. The molecule has 0 atom stereocenters. The number of aliphatic carboxylic acids is 1. The van der Waals surface area contributed by atoms with Gasteiger partial charge in [-0.15, -0.1) is 0 Å². The number of benzene rings is 4. The number of amides is 1. The van der Waals surface area contributed by atoms with Crippen molar-refractivity contribution in [1.29, 1.82) is 0 Å². The van der Waals surface area contributed by atoms with Crippen LogP contribution in [0.15, 0.2) is 108 Å². The number of hydrogen-bond donors (Lipinski definition) is 3. The highest BCUT2D eigenvalue weighted by Crippen LogP contribution is 2.26. The van der Waals surface area contributed by atoms with Crippen LogP contribution in [-0.2, 0) is 17.8 Å². The summed E-state index contributed by atoms with van der Waals surface area (Å²) in [5.74, 6) is -1.16. The van der Waals surface area contributed by atoms with Crippen molar-refractivity contribution in [2.24, 2.45) is 0 Å². The smallest absolute Gasteiger partial charge is 0.379 e. The second-order valence-electron chi connectivity index (χ2n) is 8.82. The van der Waals surface area contributed by atoms with E-state index in [2.05, 4.69) is 10.6 Å². The fourth-order valence-corrected chi connectivity index (χ4v) is 4.01. The van der Waals surface area contributed by atoms with Gasteiger partial charge in [0.1, 0.15) is 11.5 Å². The van der Waals surface area contributed by atoms with Crippen molar-refractivity contribution in [3.05, 3.63) is 126 Å². The Balaban J connectivity index is 1.17. The van der Waals surface area contributed by atoms with Gasteiger partial charge in [0.05, 0.1) is 13.0 Å².